The van der Waals surface area contributed by atoms with Gasteiger partial charge in [-0.05, 0) is 30.7 Å². The quantitative estimate of drug-likeness (QED) is 0.910. The third kappa shape index (κ3) is 3.99. The van der Waals surface area contributed by atoms with E-state index in [-0.39, 0.29) is 5.82 Å². The maximum absolute atomic E-state index is 13.2. The standard InChI is InChI=1S/C15H18FN3O/c1-10(2)18-8-12-7-17-9-15(19-12)20-13-4-5-14(16)11(3)6-13/h4-7,9-10,18H,8H2,1-3H3. The van der Waals surface area contributed by atoms with Crippen LogP contribution >= 0.6 is 0 Å². The Balaban J connectivity index is 2.08. The van der Waals surface area contributed by atoms with Gasteiger partial charge in [0.05, 0.1) is 11.9 Å². The maximum atomic E-state index is 13.2. The summed E-state index contributed by atoms with van der Waals surface area (Å²) in [6, 6.07) is 4.96. The zero-order valence-corrected chi connectivity index (χ0v) is 11.9. The minimum Gasteiger partial charge on any atom is -0.437 e. The molecule has 0 spiro atoms. The molecular formula is C15H18FN3O. The largest absolute Gasteiger partial charge is 0.437 e. The highest BCUT2D eigenvalue weighted by Crippen LogP contribution is 2.21. The van der Waals surface area contributed by atoms with E-state index in [1.807, 2.05) is 0 Å². The summed E-state index contributed by atoms with van der Waals surface area (Å²) in [6.07, 6.45) is 3.23. The molecule has 1 N–H and O–H groups in total. The molecule has 20 heavy (non-hydrogen) atoms. The van der Waals surface area contributed by atoms with Crippen LogP contribution in [0.5, 0.6) is 11.6 Å². The van der Waals surface area contributed by atoms with Gasteiger partial charge in [-0.25, -0.2) is 9.37 Å². The van der Waals surface area contributed by atoms with Gasteiger partial charge in [0.2, 0.25) is 5.88 Å². The van der Waals surface area contributed by atoms with Gasteiger partial charge in [-0.15, -0.1) is 0 Å². The third-order valence-electron chi connectivity index (χ3n) is 2.71. The van der Waals surface area contributed by atoms with Crippen molar-refractivity contribution in [3.63, 3.8) is 0 Å². The van der Waals surface area contributed by atoms with Crippen LogP contribution in [-0.4, -0.2) is 16.0 Å². The van der Waals surface area contributed by atoms with Crippen LogP contribution in [0.1, 0.15) is 25.1 Å². The number of nitrogens with zero attached hydrogens (tertiary/aromatic N) is 2. The van der Waals surface area contributed by atoms with Gasteiger partial charge in [-0.3, -0.25) is 4.98 Å². The second-order valence-corrected chi connectivity index (χ2v) is 4.90. The van der Waals surface area contributed by atoms with E-state index in [9.17, 15) is 4.39 Å². The van der Waals surface area contributed by atoms with Crippen molar-refractivity contribution in [2.24, 2.45) is 0 Å². The summed E-state index contributed by atoms with van der Waals surface area (Å²) in [6.45, 7) is 6.45. The first kappa shape index (κ1) is 14.4. The summed E-state index contributed by atoms with van der Waals surface area (Å²) in [4.78, 5) is 8.45. The molecule has 2 rings (SSSR count). The first-order chi connectivity index (χ1) is 9.54. The van der Waals surface area contributed by atoms with Gasteiger partial charge >= 0.3 is 0 Å². The first-order valence-electron chi connectivity index (χ1n) is 6.53. The summed E-state index contributed by atoms with van der Waals surface area (Å²) in [5, 5.41) is 3.26. The zero-order chi connectivity index (χ0) is 14.5. The highest BCUT2D eigenvalue weighted by Gasteiger charge is 2.04. The molecule has 0 aliphatic carbocycles. The molecule has 0 bridgehead atoms. The molecule has 0 fully saturated rings. The summed E-state index contributed by atoms with van der Waals surface area (Å²) in [7, 11) is 0. The average molecular weight is 275 g/mol. The number of hydrogen-bond acceptors (Lipinski definition) is 4. The van der Waals surface area contributed by atoms with E-state index in [0.29, 0.717) is 29.8 Å². The second-order valence-electron chi connectivity index (χ2n) is 4.90. The molecule has 0 radical (unpaired) electrons. The lowest BCUT2D eigenvalue weighted by molar-refractivity contribution is 0.453. The molecule has 0 amide bonds. The van der Waals surface area contributed by atoms with Crippen LogP contribution in [0.3, 0.4) is 0 Å². The number of aromatic nitrogens is 2. The fraction of sp³-hybridized carbons (Fsp3) is 0.333. The first-order valence-corrected chi connectivity index (χ1v) is 6.53. The van der Waals surface area contributed by atoms with Crippen molar-refractivity contribution in [3.05, 3.63) is 47.7 Å². The van der Waals surface area contributed by atoms with Crippen LogP contribution in [0.15, 0.2) is 30.6 Å². The number of nitrogens with one attached hydrogen (secondary N) is 1. The summed E-state index contributed by atoms with van der Waals surface area (Å²) in [5.74, 6) is 0.699. The molecule has 1 aromatic heterocycles. The van der Waals surface area contributed by atoms with E-state index >= 15 is 0 Å². The topological polar surface area (TPSA) is 47.0 Å². The van der Waals surface area contributed by atoms with Crippen molar-refractivity contribution in [2.75, 3.05) is 0 Å². The van der Waals surface area contributed by atoms with Crippen LogP contribution in [0, 0.1) is 12.7 Å². The Morgan fingerprint density at radius 1 is 1.30 bits per heavy atom. The Bertz CT molecular complexity index is 587. The van der Waals surface area contributed by atoms with Gasteiger partial charge in [0.1, 0.15) is 11.6 Å². The van der Waals surface area contributed by atoms with Gasteiger partial charge < -0.3 is 10.1 Å². The monoisotopic (exact) mass is 275 g/mol. The fourth-order valence-electron chi connectivity index (χ4n) is 1.63. The molecule has 1 heterocycles. The van der Waals surface area contributed by atoms with Crippen LogP contribution in [-0.2, 0) is 6.54 Å². The fourth-order valence-corrected chi connectivity index (χ4v) is 1.63. The number of halogens is 1. The van der Waals surface area contributed by atoms with Crippen molar-refractivity contribution in [1.29, 1.82) is 0 Å². The van der Waals surface area contributed by atoms with Crippen molar-refractivity contribution in [1.82, 2.24) is 15.3 Å². The van der Waals surface area contributed by atoms with Crippen molar-refractivity contribution in [2.45, 2.75) is 33.4 Å². The van der Waals surface area contributed by atoms with Crippen LogP contribution in [0.25, 0.3) is 0 Å². The zero-order valence-electron chi connectivity index (χ0n) is 11.9. The summed E-state index contributed by atoms with van der Waals surface area (Å²) in [5.41, 5.74) is 1.34. The molecule has 2 aromatic rings. The SMILES string of the molecule is Cc1cc(Oc2cncc(CNC(C)C)n2)ccc1F. The second kappa shape index (κ2) is 6.43. The Kier molecular flexibility index (Phi) is 4.63. The average Bonchev–Trinajstić information content (AvgIpc) is 2.41. The lowest BCUT2D eigenvalue weighted by atomic mass is 10.2. The lowest BCUT2D eigenvalue weighted by Crippen LogP contribution is -2.22. The molecule has 0 atom stereocenters. The van der Waals surface area contributed by atoms with E-state index in [4.69, 9.17) is 4.74 Å². The highest BCUT2D eigenvalue weighted by molar-refractivity contribution is 5.31. The molecule has 0 aliphatic heterocycles. The van der Waals surface area contributed by atoms with Gasteiger partial charge in [0, 0.05) is 18.8 Å². The van der Waals surface area contributed by atoms with Crippen molar-refractivity contribution >= 4 is 0 Å². The van der Waals surface area contributed by atoms with Gasteiger partial charge in [-0.2, -0.15) is 0 Å². The Hall–Kier alpha value is -2.01. The molecule has 0 saturated heterocycles. The lowest BCUT2D eigenvalue weighted by Gasteiger charge is -2.09. The normalized spacial score (nSPS) is 10.8. The van der Waals surface area contributed by atoms with Crippen LogP contribution < -0.4 is 10.1 Å². The molecule has 5 heteroatoms. The number of ether oxygens (including phenoxy) is 1. The van der Waals surface area contributed by atoms with E-state index < -0.39 is 0 Å². The van der Waals surface area contributed by atoms with Crippen molar-refractivity contribution < 1.29 is 9.13 Å². The smallest absolute Gasteiger partial charge is 0.238 e. The molecule has 1 aromatic carbocycles. The van der Waals surface area contributed by atoms with Gasteiger partial charge in [0.25, 0.3) is 0 Å². The molecule has 106 valence electrons. The van der Waals surface area contributed by atoms with E-state index in [1.54, 1.807) is 25.3 Å². The van der Waals surface area contributed by atoms with E-state index in [1.165, 1.54) is 12.3 Å². The molecule has 0 unspecified atom stereocenters. The van der Waals surface area contributed by atoms with Crippen molar-refractivity contribution in [3.8, 4) is 11.6 Å². The maximum Gasteiger partial charge on any atom is 0.238 e. The summed E-state index contributed by atoms with van der Waals surface area (Å²) < 4.78 is 18.8. The predicted octanol–water partition coefficient (Wildman–Crippen LogP) is 3.21. The number of rotatable bonds is 5. The minimum absolute atomic E-state index is 0.252. The Morgan fingerprint density at radius 2 is 2.10 bits per heavy atom. The Morgan fingerprint density at radius 3 is 2.80 bits per heavy atom. The highest BCUT2D eigenvalue weighted by atomic mass is 19.1. The van der Waals surface area contributed by atoms with E-state index in [0.717, 1.165) is 5.69 Å². The van der Waals surface area contributed by atoms with Gasteiger partial charge in [0.15, 0.2) is 0 Å². The molecule has 4 nitrogen and oxygen atoms in total. The molecule has 0 saturated carbocycles. The number of hydrogen-bond donors (Lipinski definition) is 1. The predicted molar refractivity (Wildman–Crippen MR) is 75.2 cm³/mol. The van der Waals surface area contributed by atoms with E-state index in [2.05, 4.69) is 29.1 Å². The molecule has 0 aliphatic rings. The van der Waals surface area contributed by atoms with Gasteiger partial charge in [-0.1, -0.05) is 13.8 Å². The minimum atomic E-state index is -0.252. The molecular weight excluding hydrogens is 257 g/mol. The van der Waals surface area contributed by atoms with Crippen LogP contribution in [0.2, 0.25) is 0 Å². The third-order valence-corrected chi connectivity index (χ3v) is 2.71. The summed E-state index contributed by atoms with van der Waals surface area (Å²) >= 11 is 0. The Labute approximate surface area is 118 Å². The van der Waals surface area contributed by atoms with Crippen LogP contribution in [0.4, 0.5) is 4.39 Å². The number of aryl methyl sites for hydroxylation is 1. The number of benzene rings is 1.